The third-order valence-corrected chi connectivity index (χ3v) is 2.52. The number of hydrogen-bond acceptors (Lipinski definition) is 2. The lowest BCUT2D eigenvalue weighted by Crippen LogP contribution is -2.38. The summed E-state index contributed by atoms with van der Waals surface area (Å²) in [6, 6.07) is 7.99. The second-order valence-corrected chi connectivity index (χ2v) is 4.64. The molecular weight excluding hydrogens is 244 g/mol. The maximum Gasteiger partial charge on any atom is 0.166 e. The van der Waals surface area contributed by atoms with Crippen LogP contribution in [0.15, 0.2) is 36.4 Å². The van der Waals surface area contributed by atoms with E-state index in [1.54, 1.807) is 0 Å². The van der Waals surface area contributed by atoms with Crippen LogP contribution < -0.4 is 15.4 Å². The molecule has 0 atom stereocenters. The zero-order chi connectivity index (χ0) is 13.4. The van der Waals surface area contributed by atoms with Crippen LogP contribution in [-0.4, -0.2) is 24.8 Å². The zero-order valence-electron chi connectivity index (χ0n) is 11.0. The Bertz CT molecular complexity index is 401. The van der Waals surface area contributed by atoms with Crippen molar-refractivity contribution in [1.82, 2.24) is 10.6 Å². The molecule has 0 aromatic heterocycles. The minimum atomic E-state index is 0.581. The Morgan fingerprint density at radius 3 is 2.56 bits per heavy atom. The van der Waals surface area contributed by atoms with Crippen LogP contribution in [0.1, 0.15) is 12.5 Å². The highest BCUT2D eigenvalue weighted by molar-refractivity contribution is 7.80. The second-order valence-electron chi connectivity index (χ2n) is 4.23. The van der Waals surface area contributed by atoms with Gasteiger partial charge >= 0.3 is 0 Å². The molecule has 0 bridgehead atoms. The van der Waals surface area contributed by atoms with Crippen LogP contribution in [0.5, 0.6) is 5.75 Å². The summed E-state index contributed by atoms with van der Waals surface area (Å²) in [5.74, 6) is 0.878. The highest BCUT2D eigenvalue weighted by Gasteiger charge is 1.96. The molecule has 0 aliphatic heterocycles. The van der Waals surface area contributed by atoms with Crippen molar-refractivity contribution in [3.8, 4) is 5.75 Å². The van der Waals surface area contributed by atoms with Crippen molar-refractivity contribution in [2.75, 3.05) is 19.7 Å². The molecule has 0 saturated heterocycles. The Balaban J connectivity index is 2.13. The fourth-order valence-electron chi connectivity index (χ4n) is 1.26. The number of aryl methyl sites for hydroxylation is 1. The molecule has 0 fully saturated rings. The van der Waals surface area contributed by atoms with Crippen LogP contribution in [0, 0.1) is 6.92 Å². The standard InChI is InChI=1S/C14H20N2OS/c1-11(2)10-16-14(18)15-8-9-17-13-6-4-12(3)5-7-13/h4-7H,1,8-10H2,2-3H3,(H2,15,16,18). The molecule has 1 aromatic carbocycles. The Morgan fingerprint density at radius 1 is 1.28 bits per heavy atom. The van der Waals surface area contributed by atoms with Gasteiger partial charge in [-0.3, -0.25) is 0 Å². The van der Waals surface area contributed by atoms with Crippen molar-refractivity contribution in [1.29, 1.82) is 0 Å². The SMILES string of the molecule is C=C(C)CNC(=S)NCCOc1ccc(C)cc1. The van der Waals surface area contributed by atoms with E-state index in [1.165, 1.54) is 5.56 Å². The van der Waals surface area contributed by atoms with Gasteiger partial charge in [-0.2, -0.15) is 0 Å². The molecule has 0 aliphatic rings. The van der Waals surface area contributed by atoms with Crippen LogP contribution >= 0.6 is 12.2 Å². The monoisotopic (exact) mass is 264 g/mol. The lowest BCUT2D eigenvalue weighted by Gasteiger charge is -2.11. The number of ether oxygens (including phenoxy) is 1. The molecule has 2 N–H and O–H groups in total. The predicted molar refractivity (Wildman–Crippen MR) is 80.1 cm³/mol. The largest absolute Gasteiger partial charge is 0.492 e. The molecular formula is C14H20N2OS. The molecule has 18 heavy (non-hydrogen) atoms. The van der Waals surface area contributed by atoms with E-state index in [4.69, 9.17) is 17.0 Å². The maximum atomic E-state index is 5.57. The van der Waals surface area contributed by atoms with E-state index in [-0.39, 0.29) is 0 Å². The molecule has 0 amide bonds. The molecule has 98 valence electrons. The molecule has 3 nitrogen and oxygen atoms in total. The van der Waals surface area contributed by atoms with E-state index in [0.717, 1.165) is 11.3 Å². The van der Waals surface area contributed by atoms with Gasteiger partial charge in [-0.15, -0.1) is 0 Å². The van der Waals surface area contributed by atoms with Crippen LogP contribution in [0.4, 0.5) is 0 Å². The van der Waals surface area contributed by atoms with Gasteiger partial charge in [0.1, 0.15) is 12.4 Å². The molecule has 0 unspecified atom stereocenters. The van der Waals surface area contributed by atoms with E-state index < -0.39 is 0 Å². The Morgan fingerprint density at radius 2 is 1.94 bits per heavy atom. The fourth-order valence-corrected chi connectivity index (χ4v) is 1.44. The lowest BCUT2D eigenvalue weighted by atomic mass is 10.2. The lowest BCUT2D eigenvalue weighted by molar-refractivity contribution is 0.322. The van der Waals surface area contributed by atoms with E-state index in [2.05, 4.69) is 24.1 Å². The molecule has 1 aromatic rings. The summed E-state index contributed by atoms with van der Waals surface area (Å²) in [4.78, 5) is 0. The van der Waals surface area contributed by atoms with E-state index in [9.17, 15) is 0 Å². The zero-order valence-corrected chi connectivity index (χ0v) is 11.8. The van der Waals surface area contributed by atoms with E-state index in [0.29, 0.717) is 24.8 Å². The van der Waals surface area contributed by atoms with Crippen molar-refractivity contribution >= 4 is 17.3 Å². The summed E-state index contributed by atoms with van der Waals surface area (Å²) < 4.78 is 5.57. The minimum Gasteiger partial charge on any atom is -0.492 e. The first kappa shape index (κ1) is 14.5. The van der Waals surface area contributed by atoms with Gasteiger partial charge in [-0.25, -0.2) is 0 Å². The minimum absolute atomic E-state index is 0.581. The summed E-state index contributed by atoms with van der Waals surface area (Å²) >= 11 is 5.10. The summed E-state index contributed by atoms with van der Waals surface area (Å²) in [7, 11) is 0. The number of benzene rings is 1. The third-order valence-electron chi connectivity index (χ3n) is 2.23. The molecule has 0 radical (unpaired) electrons. The van der Waals surface area contributed by atoms with Crippen molar-refractivity contribution in [3.63, 3.8) is 0 Å². The Kier molecular flexibility index (Phi) is 6.22. The van der Waals surface area contributed by atoms with Gasteiger partial charge < -0.3 is 15.4 Å². The number of thiocarbonyl (C=S) groups is 1. The van der Waals surface area contributed by atoms with E-state index in [1.807, 2.05) is 31.2 Å². The quantitative estimate of drug-likeness (QED) is 0.470. The van der Waals surface area contributed by atoms with Gasteiger partial charge in [0.2, 0.25) is 0 Å². The van der Waals surface area contributed by atoms with Crippen molar-refractivity contribution in [2.45, 2.75) is 13.8 Å². The van der Waals surface area contributed by atoms with Crippen LogP contribution in [-0.2, 0) is 0 Å². The highest BCUT2D eigenvalue weighted by Crippen LogP contribution is 2.10. The Labute approximate surface area is 114 Å². The average molecular weight is 264 g/mol. The number of rotatable bonds is 6. The van der Waals surface area contributed by atoms with Crippen molar-refractivity contribution in [3.05, 3.63) is 42.0 Å². The summed E-state index contributed by atoms with van der Waals surface area (Å²) in [5, 5.41) is 6.76. The average Bonchev–Trinajstić information content (AvgIpc) is 2.34. The van der Waals surface area contributed by atoms with Gasteiger partial charge in [0.25, 0.3) is 0 Å². The smallest absolute Gasteiger partial charge is 0.166 e. The van der Waals surface area contributed by atoms with Gasteiger partial charge in [-0.05, 0) is 38.2 Å². The van der Waals surface area contributed by atoms with Crippen molar-refractivity contribution in [2.24, 2.45) is 0 Å². The highest BCUT2D eigenvalue weighted by atomic mass is 32.1. The third kappa shape index (κ3) is 6.25. The summed E-state index contributed by atoms with van der Waals surface area (Å²) in [5.41, 5.74) is 2.28. The second kappa shape index (κ2) is 7.71. The van der Waals surface area contributed by atoms with Crippen LogP contribution in [0.2, 0.25) is 0 Å². The van der Waals surface area contributed by atoms with Crippen LogP contribution in [0.3, 0.4) is 0 Å². The predicted octanol–water partition coefficient (Wildman–Crippen LogP) is 2.41. The summed E-state index contributed by atoms with van der Waals surface area (Å²) in [6.45, 7) is 9.76. The first-order valence-corrected chi connectivity index (χ1v) is 6.34. The molecule has 0 heterocycles. The topological polar surface area (TPSA) is 33.3 Å². The molecule has 0 spiro atoms. The molecule has 0 saturated carbocycles. The van der Waals surface area contributed by atoms with E-state index >= 15 is 0 Å². The molecule has 1 rings (SSSR count). The van der Waals surface area contributed by atoms with Gasteiger partial charge in [-0.1, -0.05) is 29.8 Å². The number of nitrogens with one attached hydrogen (secondary N) is 2. The first-order valence-electron chi connectivity index (χ1n) is 5.93. The number of hydrogen-bond donors (Lipinski definition) is 2. The Hall–Kier alpha value is -1.55. The molecule has 0 aliphatic carbocycles. The maximum absolute atomic E-state index is 5.57. The van der Waals surface area contributed by atoms with Gasteiger partial charge in [0.05, 0.1) is 6.54 Å². The van der Waals surface area contributed by atoms with Crippen LogP contribution in [0.25, 0.3) is 0 Å². The van der Waals surface area contributed by atoms with Gasteiger partial charge in [0.15, 0.2) is 5.11 Å². The van der Waals surface area contributed by atoms with Crippen molar-refractivity contribution < 1.29 is 4.74 Å². The first-order chi connectivity index (χ1) is 8.58. The van der Waals surface area contributed by atoms with Gasteiger partial charge in [0, 0.05) is 6.54 Å². The normalized spacial score (nSPS) is 9.67. The fraction of sp³-hybridized carbons (Fsp3) is 0.357. The molecule has 4 heteroatoms. The summed E-state index contributed by atoms with van der Waals surface area (Å²) in [6.07, 6.45) is 0.